The molecule has 0 rings (SSSR count). The minimum Gasteiger partial charge on any atom is -0.726 e. The van der Waals surface area contributed by atoms with E-state index in [1.165, 1.54) is 51.4 Å². The van der Waals surface area contributed by atoms with Crippen LogP contribution in [0.5, 0.6) is 0 Å². The van der Waals surface area contributed by atoms with Gasteiger partial charge in [-0.25, -0.2) is 8.42 Å². The van der Waals surface area contributed by atoms with E-state index in [0.717, 1.165) is 12.8 Å². The van der Waals surface area contributed by atoms with Gasteiger partial charge in [0.15, 0.2) is 0 Å². The molecule has 4 N–H and O–H groups in total. The quantitative estimate of drug-likeness (QED) is 0.306. The van der Waals surface area contributed by atoms with Crippen molar-refractivity contribution in [3.63, 3.8) is 0 Å². The molecule has 0 aliphatic heterocycles. The van der Waals surface area contributed by atoms with Gasteiger partial charge in [0.25, 0.3) is 0 Å². The van der Waals surface area contributed by atoms with Crippen LogP contribution in [0.2, 0.25) is 0 Å². The number of quaternary nitrogens is 1. The minimum atomic E-state index is -4.54. The Labute approximate surface area is 125 Å². The van der Waals surface area contributed by atoms with Crippen molar-refractivity contribution in [1.82, 2.24) is 6.15 Å². The fourth-order valence-corrected chi connectivity index (χ4v) is 2.67. The second kappa shape index (κ2) is 13.8. The second-order valence-electron chi connectivity index (χ2n) is 5.29. The third-order valence-electron chi connectivity index (χ3n) is 3.25. The van der Waals surface area contributed by atoms with Gasteiger partial charge < -0.3 is 10.7 Å². The van der Waals surface area contributed by atoms with Crippen molar-refractivity contribution in [2.75, 3.05) is 0 Å². The van der Waals surface area contributed by atoms with E-state index >= 15 is 0 Å². The van der Waals surface area contributed by atoms with E-state index in [-0.39, 0.29) is 6.15 Å². The SMILES string of the molecule is CCCCCCCCCCCCC(C)OS(=O)(=O)[O-].[NH4+]. The fraction of sp³-hybridized carbons (Fsp3) is 1.00. The van der Waals surface area contributed by atoms with Crippen molar-refractivity contribution < 1.29 is 17.2 Å². The standard InChI is InChI=1S/C14H30O4S.H3N/c1-3-4-5-6-7-8-9-10-11-12-13-14(2)18-19(15,16)17;/h14H,3-13H2,1-2H3,(H,15,16,17);1H3. The summed E-state index contributed by atoms with van der Waals surface area (Å²) < 4.78 is 35.4. The molecule has 0 radical (unpaired) electrons. The first kappa shape index (κ1) is 22.1. The van der Waals surface area contributed by atoms with Gasteiger partial charge in [-0.05, 0) is 13.3 Å². The lowest BCUT2D eigenvalue weighted by atomic mass is 10.1. The molecule has 124 valence electrons. The van der Waals surface area contributed by atoms with Crippen LogP contribution in [0.1, 0.15) is 84.5 Å². The number of hydrogen-bond acceptors (Lipinski definition) is 4. The number of rotatable bonds is 13. The smallest absolute Gasteiger partial charge is 0.217 e. The van der Waals surface area contributed by atoms with Gasteiger partial charge in [0.05, 0.1) is 6.10 Å². The highest BCUT2D eigenvalue weighted by Crippen LogP contribution is 2.13. The highest BCUT2D eigenvalue weighted by atomic mass is 32.3. The van der Waals surface area contributed by atoms with E-state index in [4.69, 9.17) is 0 Å². The average Bonchev–Trinajstić information content (AvgIpc) is 2.29. The summed E-state index contributed by atoms with van der Waals surface area (Å²) in [5.74, 6) is 0. The van der Waals surface area contributed by atoms with Gasteiger partial charge in [0.2, 0.25) is 10.4 Å². The Balaban J connectivity index is 0. The molecular weight excluding hydrogens is 278 g/mol. The van der Waals surface area contributed by atoms with Crippen molar-refractivity contribution in [2.45, 2.75) is 90.6 Å². The topological polar surface area (TPSA) is 103 Å². The highest BCUT2D eigenvalue weighted by molar-refractivity contribution is 7.80. The molecular formula is C14H33NO4S. The van der Waals surface area contributed by atoms with Crippen LogP contribution in [0.3, 0.4) is 0 Å². The zero-order valence-electron chi connectivity index (χ0n) is 13.4. The predicted octanol–water partition coefficient (Wildman–Crippen LogP) is 4.54. The molecule has 0 amide bonds. The molecule has 0 heterocycles. The summed E-state index contributed by atoms with van der Waals surface area (Å²) >= 11 is 0. The summed E-state index contributed by atoms with van der Waals surface area (Å²) in [7, 11) is -4.54. The van der Waals surface area contributed by atoms with E-state index in [0.29, 0.717) is 6.42 Å². The predicted molar refractivity (Wildman–Crippen MR) is 82.7 cm³/mol. The molecule has 0 aromatic carbocycles. The fourth-order valence-electron chi connectivity index (χ4n) is 2.17. The highest BCUT2D eigenvalue weighted by Gasteiger charge is 2.05. The van der Waals surface area contributed by atoms with Gasteiger partial charge in [0.1, 0.15) is 0 Å². The zero-order valence-corrected chi connectivity index (χ0v) is 14.2. The first-order chi connectivity index (χ1) is 8.95. The Hall–Kier alpha value is -0.170. The van der Waals surface area contributed by atoms with Crippen molar-refractivity contribution in [3.05, 3.63) is 0 Å². The Kier molecular flexibility index (Phi) is 15.3. The van der Waals surface area contributed by atoms with E-state index < -0.39 is 16.5 Å². The molecule has 0 spiro atoms. The Morgan fingerprint density at radius 1 is 0.900 bits per heavy atom. The van der Waals surface area contributed by atoms with E-state index in [1.807, 2.05) is 0 Å². The maximum Gasteiger partial charge on any atom is 0.217 e. The average molecular weight is 311 g/mol. The van der Waals surface area contributed by atoms with Crippen LogP contribution >= 0.6 is 0 Å². The molecule has 20 heavy (non-hydrogen) atoms. The van der Waals surface area contributed by atoms with Crippen LogP contribution in [0.15, 0.2) is 0 Å². The lowest BCUT2D eigenvalue weighted by molar-refractivity contribution is 0.181. The van der Waals surface area contributed by atoms with Crippen LogP contribution in [-0.2, 0) is 14.6 Å². The van der Waals surface area contributed by atoms with Gasteiger partial charge in [-0.2, -0.15) is 0 Å². The summed E-state index contributed by atoms with van der Waals surface area (Å²) in [5, 5.41) is 0. The summed E-state index contributed by atoms with van der Waals surface area (Å²) in [5.41, 5.74) is 0. The Morgan fingerprint density at radius 2 is 1.30 bits per heavy atom. The van der Waals surface area contributed by atoms with Crippen molar-refractivity contribution in [1.29, 1.82) is 0 Å². The number of hydrogen-bond donors (Lipinski definition) is 1. The molecule has 0 bridgehead atoms. The van der Waals surface area contributed by atoms with Gasteiger partial charge in [0, 0.05) is 0 Å². The van der Waals surface area contributed by atoms with Crippen LogP contribution in [0, 0.1) is 0 Å². The molecule has 1 unspecified atom stereocenters. The maximum absolute atomic E-state index is 10.3. The molecule has 6 heteroatoms. The normalized spacial score (nSPS) is 12.9. The van der Waals surface area contributed by atoms with Gasteiger partial charge in [-0.15, -0.1) is 0 Å². The Bertz CT molecular complexity index is 294. The molecule has 0 saturated heterocycles. The molecule has 0 aliphatic rings. The minimum absolute atomic E-state index is 0. The van der Waals surface area contributed by atoms with E-state index in [1.54, 1.807) is 6.92 Å². The third kappa shape index (κ3) is 17.8. The zero-order chi connectivity index (χ0) is 14.6. The first-order valence-corrected chi connectivity index (χ1v) is 8.93. The first-order valence-electron chi connectivity index (χ1n) is 7.60. The number of unbranched alkanes of at least 4 members (excludes halogenated alkanes) is 9. The maximum atomic E-state index is 10.3. The van der Waals surface area contributed by atoms with Crippen LogP contribution in [0.4, 0.5) is 0 Å². The molecule has 5 nitrogen and oxygen atoms in total. The van der Waals surface area contributed by atoms with Crippen molar-refractivity contribution >= 4 is 10.4 Å². The van der Waals surface area contributed by atoms with Gasteiger partial charge in [-0.1, -0.05) is 71.1 Å². The third-order valence-corrected chi connectivity index (χ3v) is 3.81. The molecule has 0 aromatic rings. The molecule has 0 fully saturated rings. The van der Waals surface area contributed by atoms with Gasteiger partial charge >= 0.3 is 0 Å². The molecule has 0 saturated carbocycles. The Morgan fingerprint density at radius 3 is 1.70 bits per heavy atom. The summed E-state index contributed by atoms with van der Waals surface area (Å²) in [6.45, 7) is 3.85. The van der Waals surface area contributed by atoms with E-state index in [2.05, 4.69) is 11.1 Å². The van der Waals surface area contributed by atoms with Crippen LogP contribution < -0.4 is 6.15 Å². The lowest BCUT2D eigenvalue weighted by Gasteiger charge is -2.14. The second-order valence-corrected chi connectivity index (χ2v) is 6.29. The van der Waals surface area contributed by atoms with E-state index in [9.17, 15) is 13.0 Å². The summed E-state index contributed by atoms with van der Waals surface area (Å²) in [6, 6.07) is 0. The van der Waals surface area contributed by atoms with Crippen LogP contribution in [-0.4, -0.2) is 19.1 Å². The summed E-state index contributed by atoms with van der Waals surface area (Å²) in [4.78, 5) is 0. The van der Waals surface area contributed by atoms with Gasteiger partial charge in [-0.3, -0.25) is 4.18 Å². The lowest BCUT2D eigenvalue weighted by Crippen LogP contribution is -2.14. The molecule has 1 atom stereocenters. The largest absolute Gasteiger partial charge is 0.726 e. The van der Waals surface area contributed by atoms with Crippen LogP contribution in [0.25, 0.3) is 0 Å². The van der Waals surface area contributed by atoms with Crippen molar-refractivity contribution in [3.8, 4) is 0 Å². The monoisotopic (exact) mass is 311 g/mol. The van der Waals surface area contributed by atoms with Crippen molar-refractivity contribution in [2.24, 2.45) is 0 Å². The summed E-state index contributed by atoms with van der Waals surface area (Å²) in [6.07, 6.45) is 12.6. The molecule has 0 aliphatic carbocycles. The molecule has 0 aromatic heterocycles.